The van der Waals surface area contributed by atoms with Gasteiger partial charge in [-0.25, -0.2) is 4.79 Å². The molecule has 1 rings (SSSR count). The van der Waals surface area contributed by atoms with Gasteiger partial charge < -0.3 is 20.2 Å². The smallest absolute Gasteiger partial charge is 0.326 e. The second-order valence-electron chi connectivity index (χ2n) is 6.61. The standard InChI is InChI=1S/C17H29N3O5/c1-5-6-11(2)20-10-14(9-15(20)22)16(23)19(12(3)17(24)25)8-7-18-13(4)21/h11-12,14H,5-10H2,1-4H3,(H,18,21)(H,24,25). The Morgan fingerprint density at radius 3 is 2.52 bits per heavy atom. The van der Waals surface area contributed by atoms with Crippen LogP contribution in [0.15, 0.2) is 0 Å². The first-order valence-electron chi connectivity index (χ1n) is 8.76. The number of hydrogen-bond donors (Lipinski definition) is 2. The fraction of sp³-hybridized carbons (Fsp3) is 0.765. The molecule has 8 heteroatoms. The van der Waals surface area contributed by atoms with Crippen LogP contribution >= 0.6 is 0 Å². The molecule has 0 aromatic carbocycles. The maximum atomic E-state index is 12.8. The molecule has 1 fully saturated rings. The zero-order valence-electron chi connectivity index (χ0n) is 15.4. The lowest BCUT2D eigenvalue weighted by Gasteiger charge is -2.29. The summed E-state index contributed by atoms with van der Waals surface area (Å²) in [5.74, 6) is -2.31. The van der Waals surface area contributed by atoms with Gasteiger partial charge in [-0.2, -0.15) is 0 Å². The van der Waals surface area contributed by atoms with E-state index in [1.165, 1.54) is 18.7 Å². The Morgan fingerprint density at radius 1 is 1.36 bits per heavy atom. The van der Waals surface area contributed by atoms with E-state index in [4.69, 9.17) is 0 Å². The molecule has 0 bridgehead atoms. The molecule has 0 aromatic heterocycles. The predicted octanol–water partition coefficient (Wildman–Crippen LogP) is 0.461. The van der Waals surface area contributed by atoms with Crippen LogP contribution in [0.4, 0.5) is 0 Å². The van der Waals surface area contributed by atoms with Gasteiger partial charge in [0, 0.05) is 39.0 Å². The monoisotopic (exact) mass is 355 g/mol. The van der Waals surface area contributed by atoms with Crippen LogP contribution in [0, 0.1) is 5.92 Å². The number of amides is 3. The second-order valence-corrected chi connectivity index (χ2v) is 6.61. The lowest BCUT2D eigenvalue weighted by atomic mass is 10.1. The maximum absolute atomic E-state index is 12.8. The van der Waals surface area contributed by atoms with E-state index in [0.717, 1.165) is 12.8 Å². The van der Waals surface area contributed by atoms with Gasteiger partial charge in [-0.3, -0.25) is 14.4 Å². The topological polar surface area (TPSA) is 107 Å². The molecular formula is C17H29N3O5. The van der Waals surface area contributed by atoms with Gasteiger partial charge in [-0.15, -0.1) is 0 Å². The highest BCUT2D eigenvalue weighted by atomic mass is 16.4. The van der Waals surface area contributed by atoms with Crippen molar-refractivity contribution >= 4 is 23.7 Å². The molecular weight excluding hydrogens is 326 g/mol. The Hall–Kier alpha value is -2.12. The van der Waals surface area contributed by atoms with E-state index in [1.807, 2.05) is 13.8 Å². The van der Waals surface area contributed by atoms with Crippen LogP contribution in [0.3, 0.4) is 0 Å². The number of carboxylic acids is 1. The van der Waals surface area contributed by atoms with Crippen LogP contribution in [0.25, 0.3) is 0 Å². The number of aliphatic carboxylic acids is 1. The largest absolute Gasteiger partial charge is 0.480 e. The van der Waals surface area contributed by atoms with E-state index >= 15 is 0 Å². The number of nitrogens with zero attached hydrogens (tertiary/aromatic N) is 2. The van der Waals surface area contributed by atoms with Gasteiger partial charge in [-0.05, 0) is 20.3 Å². The van der Waals surface area contributed by atoms with Crippen molar-refractivity contribution in [1.29, 1.82) is 0 Å². The molecule has 3 amide bonds. The third kappa shape index (κ3) is 5.72. The SMILES string of the molecule is CCCC(C)N1CC(C(=O)N(CCNC(C)=O)C(C)C(=O)O)CC1=O. The zero-order valence-corrected chi connectivity index (χ0v) is 15.4. The van der Waals surface area contributed by atoms with Crippen LogP contribution in [-0.2, 0) is 19.2 Å². The molecule has 1 saturated heterocycles. The van der Waals surface area contributed by atoms with E-state index in [2.05, 4.69) is 5.32 Å². The number of hydrogen-bond acceptors (Lipinski definition) is 4. The molecule has 1 heterocycles. The van der Waals surface area contributed by atoms with Gasteiger partial charge >= 0.3 is 5.97 Å². The van der Waals surface area contributed by atoms with Crippen molar-refractivity contribution in [2.24, 2.45) is 5.92 Å². The highest BCUT2D eigenvalue weighted by Gasteiger charge is 2.40. The summed E-state index contributed by atoms with van der Waals surface area (Å²) in [4.78, 5) is 50.3. The molecule has 0 spiro atoms. The Kier molecular flexibility index (Phi) is 7.86. The summed E-state index contributed by atoms with van der Waals surface area (Å²) in [6.07, 6.45) is 1.92. The molecule has 8 nitrogen and oxygen atoms in total. The molecule has 0 radical (unpaired) electrons. The summed E-state index contributed by atoms with van der Waals surface area (Å²) >= 11 is 0. The van der Waals surface area contributed by atoms with Gasteiger partial charge in [-0.1, -0.05) is 13.3 Å². The van der Waals surface area contributed by atoms with Crippen molar-refractivity contribution in [1.82, 2.24) is 15.1 Å². The minimum atomic E-state index is -1.11. The second kappa shape index (κ2) is 9.39. The van der Waals surface area contributed by atoms with Gasteiger partial charge in [0.15, 0.2) is 0 Å². The normalized spacial score (nSPS) is 19.4. The first-order chi connectivity index (χ1) is 11.7. The molecule has 0 aromatic rings. The molecule has 3 atom stereocenters. The number of carbonyl (C=O) groups excluding carboxylic acids is 3. The summed E-state index contributed by atoms with van der Waals surface area (Å²) in [7, 11) is 0. The lowest BCUT2D eigenvalue weighted by Crippen LogP contribution is -2.49. The average Bonchev–Trinajstić information content (AvgIpc) is 2.92. The summed E-state index contributed by atoms with van der Waals surface area (Å²) < 4.78 is 0. The Labute approximate surface area is 148 Å². The van der Waals surface area contributed by atoms with Crippen LogP contribution in [0.1, 0.15) is 47.0 Å². The van der Waals surface area contributed by atoms with Crippen molar-refractivity contribution in [2.45, 2.75) is 59.0 Å². The molecule has 0 aliphatic carbocycles. The zero-order chi connectivity index (χ0) is 19.1. The van der Waals surface area contributed by atoms with Crippen molar-refractivity contribution in [3.63, 3.8) is 0 Å². The summed E-state index contributed by atoms with van der Waals surface area (Å²) in [5.41, 5.74) is 0. The minimum absolute atomic E-state index is 0.0657. The quantitative estimate of drug-likeness (QED) is 0.625. The molecule has 2 N–H and O–H groups in total. The molecule has 0 saturated carbocycles. The summed E-state index contributed by atoms with van der Waals surface area (Å²) in [6.45, 7) is 7.39. The number of carboxylic acid groups (broad SMARTS) is 1. The molecule has 25 heavy (non-hydrogen) atoms. The summed E-state index contributed by atoms with van der Waals surface area (Å²) in [5, 5.41) is 11.8. The van der Waals surface area contributed by atoms with Crippen molar-refractivity contribution in [3.05, 3.63) is 0 Å². The average molecular weight is 355 g/mol. The van der Waals surface area contributed by atoms with E-state index < -0.39 is 17.9 Å². The third-order valence-electron chi connectivity index (χ3n) is 4.58. The number of likely N-dealkylation sites (tertiary alicyclic amines) is 1. The first-order valence-corrected chi connectivity index (χ1v) is 8.76. The number of carbonyl (C=O) groups is 4. The number of rotatable bonds is 9. The fourth-order valence-electron chi connectivity index (χ4n) is 3.11. The maximum Gasteiger partial charge on any atom is 0.326 e. The highest BCUT2D eigenvalue weighted by Crippen LogP contribution is 2.24. The Morgan fingerprint density at radius 2 is 2.00 bits per heavy atom. The molecule has 142 valence electrons. The van der Waals surface area contributed by atoms with E-state index in [-0.39, 0.29) is 43.3 Å². The van der Waals surface area contributed by atoms with Gasteiger partial charge in [0.1, 0.15) is 6.04 Å². The van der Waals surface area contributed by atoms with Crippen LogP contribution < -0.4 is 5.32 Å². The minimum Gasteiger partial charge on any atom is -0.480 e. The molecule has 3 unspecified atom stereocenters. The third-order valence-corrected chi connectivity index (χ3v) is 4.58. The van der Waals surface area contributed by atoms with E-state index in [1.54, 1.807) is 4.90 Å². The van der Waals surface area contributed by atoms with Crippen molar-refractivity contribution in [2.75, 3.05) is 19.6 Å². The Balaban J connectivity index is 2.81. The highest BCUT2D eigenvalue weighted by molar-refractivity contribution is 5.91. The molecule has 1 aliphatic rings. The van der Waals surface area contributed by atoms with Crippen LogP contribution in [0.2, 0.25) is 0 Å². The number of nitrogens with one attached hydrogen (secondary N) is 1. The van der Waals surface area contributed by atoms with Crippen LogP contribution in [-0.4, -0.2) is 70.3 Å². The van der Waals surface area contributed by atoms with Gasteiger partial charge in [0.05, 0.1) is 5.92 Å². The van der Waals surface area contributed by atoms with E-state index in [9.17, 15) is 24.3 Å². The predicted molar refractivity (Wildman–Crippen MR) is 91.7 cm³/mol. The van der Waals surface area contributed by atoms with Crippen LogP contribution in [0.5, 0.6) is 0 Å². The fourth-order valence-corrected chi connectivity index (χ4v) is 3.11. The summed E-state index contributed by atoms with van der Waals surface area (Å²) in [6, 6.07) is -0.946. The van der Waals surface area contributed by atoms with E-state index in [0.29, 0.717) is 6.54 Å². The van der Waals surface area contributed by atoms with Crippen molar-refractivity contribution in [3.8, 4) is 0 Å². The first kappa shape index (κ1) is 20.9. The lowest BCUT2D eigenvalue weighted by molar-refractivity contribution is -0.151. The van der Waals surface area contributed by atoms with Crippen molar-refractivity contribution < 1.29 is 24.3 Å². The molecule has 1 aliphatic heterocycles. The Bertz CT molecular complexity index is 522. The van der Waals surface area contributed by atoms with Gasteiger partial charge in [0.25, 0.3) is 0 Å². The van der Waals surface area contributed by atoms with Gasteiger partial charge in [0.2, 0.25) is 17.7 Å².